The second-order valence-electron chi connectivity index (χ2n) is 5.80. The van der Waals surface area contributed by atoms with Crippen molar-refractivity contribution in [1.29, 1.82) is 0 Å². The number of nitrogens with two attached hydrogens (primary N) is 1. The number of rotatable bonds is 7. The summed E-state index contributed by atoms with van der Waals surface area (Å²) < 4.78 is 0. The molecule has 0 spiro atoms. The Morgan fingerprint density at radius 2 is 1.83 bits per heavy atom. The third-order valence-electron chi connectivity index (χ3n) is 2.84. The minimum Gasteiger partial charge on any atom is -0.358 e. The summed E-state index contributed by atoms with van der Waals surface area (Å²) in [6.45, 7) is 8.08. The largest absolute Gasteiger partial charge is 0.358 e. The summed E-state index contributed by atoms with van der Waals surface area (Å²) in [5.41, 5.74) is 9.06. The molecule has 0 saturated carbocycles. The Morgan fingerprint density at radius 3 is 2.28 bits per heavy atom. The number of hydrogen-bond donors (Lipinski definition) is 3. The zero-order valence-corrected chi connectivity index (χ0v) is 12.1. The fourth-order valence-corrected chi connectivity index (χ4v) is 1.71. The highest BCUT2D eigenvalue weighted by Gasteiger charge is 2.28. The third-order valence-corrected chi connectivity index (χ3v) is 2.84. The van der Waals surface area contributed by atoms with E-state index in [-0.39, 0.29) is 11.7 Å². The van der Waals surface area contributed by atoms with Gasteiger partial charge in [0.2, 0.25) is 5.91 Å². The highest BCUT2D eigenvalue weighted by Crippen LogP contribution is 2.16. The molecule has 0 rings (SSSR count). The number of hydrogen-bond acceptors (Lipinski definition) is 3. The highest BCUT2D eigenvalue weighted by atomic mass is 16.2. The quantitative estimate of drug-likeness (QED) is 0.553. The lowest BCUT2D eigenvalue weighted by Gasteiger charge is -2.23. The van der Waals surface area contributed by atoms with Crippen LogP contribution < -0.4 is 16.8 Å². The van der Waals surface area contributed by atoms with Gasteiger partial charge in [0, 0.05) is 5.41 Å². The topological polar surface area (TPSA) is 99.8 Å². The number of unbranched alkanes of at least 4 members (excludes halogenated alkanes) is 1. The molecule has 106 valence electrons. The summed E-state index contributed by atoms with van der Waals surface area (Å²) >= 11 is 0. The van der Waals surface area contributed by atoms with Crippen LogP contribution in [0.3, 0.4) is 0 Å². The van der Waals surface area contributed by atoms with E-state index in [2.05, 4.69) is 11.1 Å². The SMILES string of the molecule is CC(NC(=O)C(N)CCCC[NH3+])C(=O)C(C)(C)C. The molecule has 0 aromatic carbocycles. The maximum Gasteiger partial charge on any atom is 0.237 e. The van der Waals surface area contributed by atoms with E-state index in [0.29, 0.717) is 6.42 Å². The average molecular weight is 258 g/mol. The normalized spacial score (nSPS) is 15.0. The number of carbonyl (C=O) groups is 2. The first-order chi connectivity index (χ1) is 8.20. The molecular weight excluding hydrogens is 230 g/mol. The zero-order valence-electron chi connectivity index (χ0n) is 12.1. The predicted molar refractivity (Wildman–Crippen MR) is 71.6 cm³/mol. The van der Waals surface area contributed by atoms with Crippen molar-refractivity contribution in [1.82, 2.24) is 5.32 Å². The van der Waals surface area contributed by atoms with E-state index in [1.165, 1.54) is 0 Å². The molecule has 0 aromatic heterocycles. The number of nitrogens with one attached hydrogen (secondary N) is 1. The molecule has 1 amide bonds. The van der Waals surface area contributed by atoms with Crippen LogP contribution in [0.25, 0.3) is 0 Å². The van der Waals surface area contributed by atoms with Crippen LogP contribution in [0.2, 0.25) is 0 Å². The van der Waals surface area contributed by atoms with Crippen LogP contribution in [-0.4, -0.2) is 30.3 Å². The van der Waals surface area contributed by atoms with Gasteiger partial charge in [-0.25, -0.2) is 0 Å². The summed E-state index contributed by atoms with van der Waals surface area (Å²) in [4.78, 5) is 23.7. The number of ketones is 1. The average Bonchev–Trinajstić information content (AvgIpc) is 2.26. The van der Waals surface area contributed by atoms with Crippen molar-refractivity contribution >= 4 is 11.7 Å². The highest BCUT2D eigenvalue weighted by molar-refractivity contribution is 5.93. The van der Waals surface area contributed by atoms with E-state index in [1.54, 1.807) is 6.92 Å². The van der Waals surface area contributed by atoms with Crippen LogP contribution in [0.15, 0.2) is 0 Å². The standard InChI is InChI=1S/C13H27N3O2/c1-9(11(17)13(2,3)4)16-12(18)10(15)7-5-6-8-14/h9-10H,5-8,14-15H2,1-4H3,(H,16,18)/p+1. The second-order valence-corrected chi connectivity index (χ2v) is 5.80. The van der Waals surface area contributed by atoms with Crippen molar-refractivity contribution in [3.63, 3.8) is 0 Å². The first kappa shape index (κ1) is 17.1. The summed E-state index contributed by atoms with van der Waals surface area (Å²) in [7, 11) is 0. The van der Waals surface area contributed by atoms with Crippen LogP contribution in [-0.2, 0) is 9.59 Å². The van der Waals surface area contributed by atoms with Crippen LogP contribution in [0.5, 0.6) is 0 Å². The Labute approximate surface area is 110 Å². The van der Waals surface area contributed by atoms with Gasteiger partial charge < -0.3 is 16.8 Å². The molecule has 5 heteroatoms. The Morgan fingerprint density at radius 1 is 1.28 bits per heavy atom. The summed E-state index contributed by atoms with van der Waals surface area (Å²) in [5, 5.41) is 2.68. The van der Waals surface area contributed by atoms with Crippen LogP contribution in [0, 0.1) is 5.41 Å². The van der Waals surface area contributed by atoms with E-state index in [4.69, 9.17) is 5.73 Å². The van der Waals surface area contributed by atoms with Gasteiger partial charge in [-0.2, -0.15) is 0 Å². The predicted octanol–water partition coefficient (Wildman–Crippen LogP) is -0.154. The molecule has 0 fully saturated rings. The number of amides is 1. The van der Waals surface area contributed by atoms with Gasteiger partial charge in [0.15, 0.2) is 5.78 Å². The van der Waals surface area contributed by atoms with E-state index in [9.17, 15) is 9.59 Å². The van der Waals surface area contributed by atoms with Gasteiger partial charge in [-0.3, -0.25) is 9.59 Å². The molecule has 2 unspecified atom stereocenters. The van der Waals surface area contributed by atoms with Gasteiger partial charge in [-0.1, -0.05) is 20.8 Å². The molecule has 0 aromatic rings. The summed E-state index contributed by atoms with van der Waals surface area (Å²) in [6.07, 6.45) is 2.49. The molecule has 0 bridgehead atoms. The fraction of sp³-hybridized carbons (Fsp3) is 0.846. The second kappa shape index (κ2) is 7.48. The molecule has 0 aliphatic rings. The molecule has 5 nitrogen and oxygen atoms in total. The minimum atomic E-state index is -0.535. The van der Waals surface area contributed by atoms with Crippen molar-refractivity contribution in [3.05, 3.63) is 0 Å². The maximum absolute atomic E-state index is 11.9. The molecule has 0 aliphatic heterocycles. The van der Waals surface area contributed by atoms with Gasteiger partial charge in [0.25, 0.3) is 0 Å². The minimum absolute atomic E-state index is 0.0146. The van der Waals surface area contributed by atoms with Crippen LogP contribution in [0.4, 0.5) is 0 Å². The summed E-state index contributed by atoms with van der Waals surface area (Å²) in [5.74, 6) is -0.232. The Kier molecular flexibility index (Phi) is 7.09. The lowest BCUT2D eigenvalue weighted by molar-refractivity contribution is -0.368. The lowest BCUT2D eigenvalue weighted by Crippen LogP contribution is -2.51. The molecule has 2 atom stereocenters. The van der Waals surface area contributed by atoms with Gasteiger partial charge >= 0.3 is 0 Å². The molecule has 0 saturated heterocycles. The molecule has 0 aliphatic carbocycles. The van der Waals surface area contributed by atoms with E-state index in [1.807, 2.05) is 20.8 Å². The van der Waals surface area contributed by atoms with Gasteiger partial charge in [0.1, 0.15) is 0 Å². The number of quaternary nitrogens is 1. The number of carbonyl (C=O) groups excluding carboxylic acids is 2. The van der Waals surface area contributed by atoms with E-state index >= 15 is 0 Å². The zero-order chi connectivity index (χ0) is 14.3. The molecule has 0 heterocycles. The maximum atomic E-state index is 11.9. The Bertz CT molecular complexity index is 284. The van der Waals surface area contributed by atoms with Crippen LogP contribution in [0.1, 0.15) is 47.0 Å². The van der Waals surface area contributed by atoms with Crippen molar-refractivity contribution in [3.8, 4) is 0 Å². The van der Waals surface area contributed by atoms with Crippen LogP contribution >= 0.6 is 0 Å². The fourth-order valence-electron chi connectivity index (χ4n) is 1.71. The molecule has 0 radical (unpaired) electrons. The first-order valence-electron chi connectivity index (χ1n) is 6.59. The lowest BCUT2D eigenvalue weighted by atomic mass is 9.87. The third kappa shape index (κ3) is 6.12. The molecule has 18 heavy (non-hydrogen) atoms. The van der Waals surface area contributed by atoms with Crippen molar-refractivity contribution < 1.29 is 15.3 Å². The molecular formula is C13H28N3O2+. The van der Waals surface area contributed by atoms with Gasteiger partial charge in [0.05, 0.1) is 18.6 Å². The smallest absolute Gasteiger partial charge is 0.237 e. The van der Waals surface area contributed by atoms with Gasteiger partial charge in [-0.15, -0.1) is 0 Å². The number of Topliss-reactive ketones (excluding diaryl/α,β-unsaturated/α-hetero) is 1. The monoisotopic (exact) mass is 258 g/mol. The Hall–Kier alpha value is -0.940. The van der Waals surface area contributed by atoms with Crippen molar-refractivity contribution in [2.75, 3.05) is 6.54 Å². The Balaban J connectivity index is 4.18. The first-order valence-corrected chi connectivity index (χ1v) is 6.59. The molecule has 6 N–H and O–H groups in total. The van der Waals surface area contributed by atoms with E-state index in [0.717, 1.165) is 19.4 Å². The van der Waals surface area contributed by atoms with Crippen molar-refractivity contribution in [2.24, 2.45) is 11.1 Å². The van der Waals surface area contributed by atoms with Crippen molar-refractivity contribution in [2.45, 2.75) is 59.0 Å². The summed E-state index contributed by atoms with van der Waals surface area (Å²) in [6, 6.07) is -1.02. The van der Waals surface area contributed by atoms with E-state index < -0.39 is 17.5 Å². The van der Waals surface area contributed by atoms with Gasteiger partial charge in [-0.05, 0) is 26.2 Å².